The smallest absolute Gasteiger partial charge is 0.0332 e. The average molecular weight is 511 g/mol. The number of rotatable bonds is 2. The van der Waals surface area contributed by atoms with Gasteiger partial charge in [0.25, 0.3) is 0 Å². The molecule has 0 N–H and O–H groups in total. The molecule has 0 spiro atoms. The van der Waals surface area contributed by atoms with Crippen molar-refractivity contribution in [3.63, 3.8) is 0 Å². The molecule has 1 heteroatoms. The van der Waals surface area contributed by atoms with Crippen molar-refractivity contribution >= 4 is 37.5 Å². The van der Waals surface area contributed by atoms with E-state index in [2.05, 4.69) is 131 Å². The normalized spacial score (nSPS) is 12.5. The molecule has 0 atom stereocenters. The summed E-state index contributed by atoms with van der Waals surface area (Å²) in [6.45, 7) is 0. The third kappa shape index (κ3) is 3.34. The van der Waals surface area contributed by atoms with Gasteiger partial charge in [-0.1, -0.05) is 109 Å². The fourth-order valence-corrected chi connectivity index (χ4v) is 6.43. The van der Waals surface area contributed by atoms with Crippen LogP contribution in [0.3, 0.4) is 0 Å². The summed E-state index contributed by atoms with van der Waals surface area (Å²) < 4.78 is 1.17. The molecule has 0 aliphatic heterocycles. The molecule has 0 nitrogen and oxygen atoms in total. The molecule has 7 rings (SSSR count). The van der Waals surface area contributed by atoms with Crippen LogP contribution in [0.1, 0.15) is 11.1 Å². The maximum atomic E-state index is 3.95. The molecule has 6 aromatic carbocycles. The van der Waals surface area contributed by atoms with Gasteiger partial charge in [0.2, 0.25) is 0 Å². The summed E-state index contributed by atoms with van der Waals surface area (Å²) in [5.41, 5.74) is 10.8. The first-order valence-electron chi connectivity index (χ1n) is 12.2. The van der Waals surface area contributed by atoms with E-state index in [0.717, 1.165) is 12.8 Å². The summed E-state index contributed by atoms with van der Waals surface area (Å²) in [5.74, 6) is 0. The highest BCUT2D eigenvalue weighted by Crippen LogP contribution is 2.44. The second-order valence-corrected chi connectivity index (χ2v) is 10.2. The quantitative estimate of drug-likeness (QED) is 0.203. The van der Waals surface area contributed by atoms with Gasteiger partial charge in [0.15, 0.2) is 0 Å². The van der Waals surface area contributed by atoms with Gasteiger partial charge in [-0.2, -0.15) is 0 Å². The van der Waals surface area contributed by atoms with Crippen LogP contribution >= 0.6 is 15.9 Å². The van der Waals surface area contributed by atoms with Crippen LogP contribution in [-0.4, -0.2) is 0 Å². The van der Waals surface area contributed by atoms with E-state index in [1.54, 1.807) is 0 Å². The maximum Gasteiger partial charge on any atom is 0.0332 e. The second-order valence-electron chi connectivity index (χ2n) is 9.39. The molecule has 1 aliphatic carbocycles. The number of fused-ring (bicyclic) bond motifs is 5. The minimum absolute atomic E-state index is 1.09. The van der Waals surface area contributed by atoms with Crippen LogP contribution < -0.4 is 0 Å². The molecule has 0 fully saturated rings. The molecule has 0 heterocycles. The summed E-state index contributed by atoms with van der Waals surface area (Å²) in [5, 5.41) is 5.08. The first-order valence-corrected chi connectivity index (χ1v) is 13.0. The highest BCUT2D eigenvalue weighted by molar-refractivity contribution is 9.10. The number of halogens is 1. The lowest BCUT2D eigenvalue weighted by Gasteiger charge is -2.22. The summed E-state index contributed by atoms with van der Waals surface area (Å²) in [6, 6.07) is 42.3. The van der Waals surface area contributed by atoms with E-state index < -0.39 is 0 Å². The zero-order valence-electron chi connectivity index (χ0n) is 19.3. The van der Waals surface area contributed by atoms with Crippen LogP contribution in [0.25, 0.3) is 54.9 Å². The molecular weight excluding hydrogens is 488 g/mol. The van der Waals surface area contributed by atoms with Gasteiger partial charge < -0.3 is 0 Å². The highest BCUT2D eigenvalue weighted by atomic mass is 79.9. The Labute approximate surface area is 214 Å². The minimum atomic E-state index is 1.09. The Bertz CT molecular complexity index is 1740. The monoisotopic (exact) mass is 510 g/mol. The Morgan fingerprint density at radius 2 is 1.09 bits per heavy atom. The molecule has 0 saturated heterocycles. The van der Waals surface area contributed by atoms with E-state index in [9.17, 15) is 0 Å². The molecule has 35 heavy (non-hydrogen) atoms. The molecule has 166 valence electrons. The van der Waals surface area contributed by atoms with Crippen LogP contribution in [-0.2, 0) is 12.8 Å². The SMILES string of the molecule is Brc1c2ccccc2c(-c2ccc3c(c2)CCc2ccccc2-3)c2cc(-c3ccccc3)ccc12. The lowest BCUT2D eigenvalue weighted by molar-refractivity contribution is 0.942. The highest BCUT2D eigenvalue weighted by Gasteiger charge is 2.19. The molecule has 6 aromatic rings. The fraction of sp³-hybridized carbons (Fsp3) is 0.0588. The second kappa shape index (κ2) is 8.22. The molecule has 0 saturated carbocycles. The van der Waals surface area contributed by atoms with E-state index in [0.29, 0.717) is 0 Å². The first-order chi connectivity index (χ1) is 17.3. The average Bonchev–Trinajstić information content (AvgIpc) is 2.93. The van der Waals surface area contributed by atoms with Crippen molar-refractivity contribution in [1.29, 1.82) is 0 Å². The Hall–Kier alpha value is -3.68. The lowest BCUT2D eigenvalue weighted by Crippen LogP contribution is -2.03. The van der Waals surface area contributed by atoms with E-state index >= 15 is 0 Å². The third-order valence-electron chi connectivity index (χ3n) is 7.43. The van der Waals surface area contributed by atoms with Crippen molar-refractivity contribution in [1.82, 2.24) is 0 Å². The maximum absolute atomic E-state index is 3.95. The third-order valence-corrected chi connectivity index (χ3v) is 8.28. The lowest BCUT2D eigenvalue weighted by atomic mass is 9.83. The standard InChI is InChI=1S/C34H23Br/c35-34-30-13-7-6-12-29(30)33(32-21-24(16-19-31(32)34)22-8-2-1-3-9-22)26-17-18-28-25(20-26)15-14-23-10-4-5-11-27(23)28/h1-13,16-21H,14-15H2. The van der Waals surface area contributed by atoms with Crippen molar-refractivity contribution in [2.75, 3.05) is 0 Å². The van der Waals surface area contributed by atoms with Crippen molar-refractivity contribution in [3.8, 4) is 33.4 Å². The zero-order valence-corrected chi connectivity index (χ0v) is 20.8. The van der Waals surface area contributed by atoms with E-state index in [-0.39, 0.29) is 0 Å². The van der Waals surface area contributed by atoms with Crippen LogP contribution in [0.4, 0.5) is 0 Å². The van der Waals surface area contributed by atoms with Gasteiger partial charge in [-0.15, -0.1) is 0 Å². The van der Waals surface area contributed by atoms with Gasteiger partial charge in [0.05, 0.1) is 0 Å². The van der Waals surface area contributed by atoms with Gasteiger partial charge in [0.1, 0.15) is 0 Å². The summed E-state index contributed by atoms with van der Waals surface area (Å²) in [7, 11) is 0. The van der Waals surface area contributed by atoms with Gasteiger partial charge in [0, 0.05) is 4.47 Å². The molecule has 0 unspecified atom stereocenters. The van der Waals surface area contributed by atoms with Gasteiger partial charge in [-0.3, -0.25) is 0 Å². The summed E-state index contributed by atoms with van der Waals surface area (Å²) in [6.07, 6.45) is 2.19. The number of benzene rings is 6. The van der Waals surface area contributed by atoms with Crippen molar-refractivity contribution < 1.29 is 0 Å². The van der Waals surface area contributed by atoms with Crippen LogP contribution in [0, 0.1) is 0 Å². The van der Waals surface area contributed by atoms with E-state index in [4.69, 9.17) is 0 Å². The molecule has 0 amide bonds. The first kappa shape index (κ1) is 20.7. The zero-order chi connectivity index (χ0) is 23.4. The minimum Gasteiger partial charge on any atom is -0.0622 e. The van der Waals surface area contributed by atoms with Gasteiger partial charge in [-0.05, 0) is 101 Å². The predicted octanol–water partition coefficient (Wildman–Crippen LogP) is 9.86. The van der Waals surface area contributed by atoms with Crippen LogP contribution in [0.15, 0.2) is 120 Å². The largest absolute Gasteiger partial charge is 0.0622 e. The topological polar surface area (TPSA) is 0 Å². The van der Waals surface area contributed by atoms with Crippen LogP contribution in [0.5, 0.6) is 0 Å². The van der Waals surface area contributed by atoms with Gasteiger partial charge in [-0.25, -0.2) is 0 Å². The van der Waals surface area contributed by atoms with E-state index in [1.807, 2.05) is 0 Å². The molecular formula is C34H23Br. The Balaban J connectivity index is 1.53. The number of aryl methyl sites for hydroxylation is 2. The molecule has 0 aromatic heterocycles. The number of hydrogen-bond acceptors (Lipinski definition) is 0. The van der Waals surface area contributed by atoms with Crippen LogP contribution in [0.2, 0.25) is 0 Å². The Morgan fingerprint density at radius 1 is 0.429 bits per heavy atom. The Morgan fingerprint density at radius 3 is 1.97 bits per heavy atom. The summed E-state index contributed by atoms with van der Waals surface area (Å²) in [4.78, 5) is 0. The fourth-order valence-electron chi connectivity index (χ4n) is 5.74. The van der Waals surface area contributed by atoms with Crippen molar-refractivity contribution in [2.45, 2.75) is 12.8 Å². The molecule has 1 aliphatic rings. The summed E-state index contributed by atoms with van der Waals surface area (Å²) >= 11 is 3.95. The predicted molar refractivity (Wildman–Crippen MR) is 153 cm³/mol. The number of hydrogen-bond donors (Lipinski definition) is 0. The van der Waals surface area contributed by atoms with Crippen molar-refractivity contribution in [2.24, 2.45) is 0 Å². The van der Waals surface area contributed by atoms with E-state index in [1.165, 1.54) is 70.5 Å². The molecule has 0 bridgehead atoms. The van der Waals surface area contributed by atoms with Crippen molar-refractivity contribution in [3.05, 3.63) is 131 Å². The van der Waals surface area contributed by atoms with Gasteiger partial charge >= 0.3 is 0 Å². The Kier molecular flexibility index (Phi) is 4.85. The molecule has 0 radical (unpaired) electrons.